The number of aromatic nitrogens is 2. The highest BCUT2D eigenvalue weighted by Crippen LogP contribution is 2.20. The molecule has 0 unspecified atom stereocenters. The van der Waals surface area contributed by atoms with E-state index < -0.39 is 11.9 Å². The lowest BCUT2D eigenvalue weighted by atomic mass is 10.2. The molecule has 3 N–H and O–H groups in total. The van der Waals surface area contributed by atoms with Crippen molar-refractivity contribution in [3.8, 4) is 0 Å². The Balaban J connectivity index is 2.85. The van der Waals surface area contributed by atoms with Gasteiger partial charge in [0.1, 0.15) is 5.82 Å². The average Bonchev–Trinajstić information content (AvgIpc) is 2.43. The van der Waals surface area contributed by atoms with Crippen LogP contribution in [0.4, 0.5) is 15.0 Å². The molecule has 1 heterocycles. The summed E-state index contributed by atoms with van der Waals surface area (Å²) < 4.78 is 13.5. The Hall–Kier alpha value is -2.11. The molecule has 0 saturated heterocycles. The van der Waals surface area contributed by atoms with Crippen LogP contribution in [0.3, 0.4) is 0 Å². The third-order valence-corrected chi connectivity index (χ3v) is 1.85. The summed E-state index contributed by atoms with van der Waals surface area (Å²) in [5.74, 6) is -0.456. The van der Waals surface area contributed by atoms with Crippen molar-refractivity contribution in [2.24, 2.45) is 0 Å². The number of hydrogen-bond donors (Lipinski definition) is 2. The average molecular weight is 195 g/mol. The lowest BCUT2D eigenvalue weighted by Gasteiger charge is -1.94. The molecule has 0 saturated carbocycles. The highest BCUT2D eigenvalue weighted by Gasteiger charge is 2.12. The van der Waals surface area contributed by atoms with Crippen molar-refractivity contribution in [1.82, 2.24) is 9.78 Å². The predicted octanol–water partition coefficient (Wildman–Crippen LogP) is 1.28. The van der Waals surface area contributed by atoms with Gasteiger partial charge in [-0.2, -0.15) is 4.68 Å². The first-order chi connectivity index (χ1) is 6.59. The molecule has 2 rings (SSSR count). The van der Waals surface area contributed by atoms with Gasteiger partial charge in [0.25, 0.3) is 0 Å². The molecule has 0 spiro atoms. The number of nitrogens with zero attached hydrogens (tertiary/aromatic N) is 2. The largest absolute Gasteiger partial charge is 0.463 e. The van der Waals surface area contributed by atoms with Crippen molar-refractivity contribution in [2.75, 3.05) is 5.73 Å². The van der Waals surface area contributed by atoms with E-state index in [-0.39, 0.29) is 11.3 Å². The second-order valence-electron chi connectivity index (χ2n) is 2.74. The van der Waals surface area contributed by atoms with Crippen LogP contribution in [0.15, 0.2) is 18.2 Å². The summed E-state index contributed by atoms with van der Waals surface area (Å²) in [6, 6.07) is 3.67. The summed E-state index contributed by atoms with van der Waals surface area (Å²) in [5, 5.41) is 12.7. The van der Waals surface area contributed by atoms with Gasteiger partial charge >= 0.3 is 6.09 Å². The first kappa shape index (κ1) is 8.49. The Kier molecular flexibility index (Phi) is 1.63. The number of anilines is 1. The molecule has 0 aliphatic carbocycles. The number of hydrogen-bond acceptors (Lipinski definition) is 3. The number of halogens is 1. The molecule has 0 bridgehead atoms. The fraction of sp³-hybridized carbons (Fsp3) is 0. The van der Waals surface area contributed by atoms with Crippen LogP contribution in [-0.4, -0.2) is 21.0 Å². The Morgan fingerprint density at radius 1 is 1.57 bits per heavy atom. The molecule has 0 aliphatic rings. The zero-order valence-electron chi connectivity index (χ0n) is 6.94. The Morgan fingerprint density at radius 3 is 2.93 bits per heavy atom. The maximum atomic E-state index is 12.8. The fourth-order valence-corrected chi connectivity index (χ4v) is 1.26. The van der Waals surface area contributed by atoms with Crippen LogP contribution in [0.2, 0.25) is 0 Å². The molecule has 0 atom stereocenters. The standard InChI is InChI=1S/C8H6FN3O2/c9-4-1-2-5-6(3-4)12(8(13)14)11-7(5)10/h1-3H,(H2,10,11)(H,13,14). The smallest absolute Gasteiger partial charge is 0.432 e. The summed E-state index contributed by atoms with van der Waals surface area (Å²) in [4.78, 5) is 10.7. The van der Waals surface area contributed by atoms with Crippen LogP contribution < -0.4 is 5.73 Å². The van der Waals surface area contributed by atoms with Crippen LogP contribution in [0.25, 0.3) is 10.9 Å². The number of nitrogen functional groups attached to an aromatic ring is 1. The molecule has 0 fully saturated rings. The summed E-state index contributed by atoms with van der Waals surface area (Å²) in [7, 11) is 0. The normalized spacial score (nSPS) is 10.6. The molecule has 14 heavy (non-hydrogen) atoms. The van der Waals surface area contributed by atoms with Gasteiger partial charge in [0.2, 0.25) is 0 Å². The molecule has 2 aromatic rings. The van der Waals surface area contributed by atoms with Crippen LogP contribution in [-0.2, 0) is 0 Å². The number of carboxylic acid groups (broad SMARTS) is 1. The Bertz CT molecular complexity index is 521. The molecule has 0 amide bonds. The highest BCUT2D eigenvalue weighted by atomic mass is 19.1. The molecule has 6 heteroatoms. The van der Waals surface area contributed by atoms with Gasteiger partial charge in [-0.3, -0.25) is 0 Å². The number of benzene rings is 1. The topological polar surface area (TPSA) is 81.1 Å². The number of nitrogens with two attached hydrogens (primary N) is 1. The van der Waals surface area contributed by atoms with Crippen molar-refractivity contribution in [3.05, 3.63) is 24.0 Å². The van der Waals surface area contributed by atoms with Crippen molar-refractivity contribution in [1.29, 1.82) is 0 Å². The monoisotopic (exact) mass is 195 g/mol. The minimum absolute atomic E-state index is 0.0717. The molecular weight excluding hydrogens is 189 g/mol. The van der Waals surface area contributed by atoms with E-state index >= 15 is 0 Å². The molecule has 1 aromatic heterocycles. The Labute approximate surface area is 77.5 Å². The van der Waals surface area contributed by atoms with Gasteiger partial charge < -0.3 is 10.8 Å². The molecule has 0 radical (unpaired) electrons. The molecule has 1 aromatic carbocycles. The quantitative estimate of drug-likeness (QED) is 0.663. The van der Waals surface area contributed by atoms with Gasteiger partial charge in [-0.25, -0.2) is 9.18 Å². The lowest BCUT2D eigenvalue weighted by Crippen LogP contribution is -2.09. The summed E-state index contributed by atoms with van der Waals surface area (Å²) >= 11 is 0. The minimum Gasteiger partial charge on any atom is -0.463 e. The molecule has 5 nitrogen and oxygen atoms in total. The summed E-state index contributed by atoms with van der Waals surface area (Å²) in [6.45, 7) is 0. The van der Waals surface area contributed by atoms with E-state index in [4.69, 9.17) is 10.8 Å². The van der Waals surface area contributed by atoms with Crippen LogP contribution >= 0.6 is 0 Å². The lowest BCUT2D eigenvalue weighted by molar-refractivity contribution is 0.194. The number of carbonyl (C=O) groups is 1. The van der Waals surface area contributed by atoms with Gasteiger partial charge in [-0.05, 0) is 12.1 Å². The van der Waals surface area contributed by atoms with E-state index in [0.29, 0.717) is 10.1 Å². The third-order valence-electron chi connectivity index (χ3n) is 1.85. The second-order valence-corrected chi connectivity index (χ2v) is 2.74. The summed E-state index contributed by atoms with van der Waals surface area (Å²) in [5.41, 5.74) is 5.60. The van der Waals surface area contributed by atoms with Gasteiger partial charge in [-0.15, -0.1) is 5.10 Å². The van der Waals surface area contributed by atoms with Gasteiger partial charge in [-0.1, -0.05) is 0 Å². The zero-order valence-corrected chi connectivity index (χ0v) is 6.94. The van der Waals surface area contributed by atoms with Gasteiger partial charge in [0, 0.05) is 11.5 Å². The van der Waals surface area contributed by atoms with Crippen LogP contribution in [0, 0.1) is 5.82 Å². The van der Waals surface area contributed by atoms with E-state index in [9.17, 15) is 9.18 Å². The molecule has 72 valence electrons. The minimum atomic E-state index is -1.29. The number of rotatable bonds is 0. The third kappa shape index (κ3) is 1.08. The number of fused-ring (bicyclic) bond motifs is 1. The Morgan fingerprint density at radius 2 is 2.29 bits per heavy atom. The van der Waals surface area contributed by atoms with Crippen molar-refractivity contribution >= 4 is 22.8 Å². The summed E-state index contributed by atoms with van der Waals surface area (Å²) in [6.07, 6.45) is -1.29. The van der Waals surface area contributed by atoms with E-state index in [0.717, 1.165) is 6.07 Å². The highest BCUT2D eigenvalue weighted by molar-refractivity contribution is 5.94. The van der Waals surface area contributed by atoms with E-state index in [1.54, 1.807) is 0 Å². The van der Waals surface area contributed by atoms with E-state index in [2.05, 4.69) is 5.10 Å². The van der Waals surface area contributed by atoms with Crippen molar-refractivity contribution in [2.45, 2.75) is 0 Å². The van der Waals surface area contributed by atoms with Crippen molar-refractivity contribution in [3.63, 3.8) is 0 Å². The zero-order chi connectivity index (χ0) is 10.3. The van der Waals surface area contributed by atoms with E-state index in [1.807, 2.05) is 0 Å². The predicted molar refractivity (Wildman–Crippen MR) is 47.5 cm³/mol. The van der Waals surface area contributed by atoms with Crippen LogP contribution in [0.1, 0.15) is 0 Å². The van der Waals surface area contributed by atoms with Gasteiger partial charge in [0.05, 0.1) is 5.52 Å². The first-order valence-electron chi connectivity index (χ1n) is 3.76. The second kappa shape index (κ2) is 2.69. The SMILES string of the molecule is Nc1nn(C(=O)O)c2cc(F)ccc12. The van der Waals surface area contributed by atoms with Crippen LogP contribution in [0.5, 0.6) is 0 Å². The van der Waals surface area contributed by atoms with E-state index in [1.165, 1.54) is 12.1 Å². The molecular formula is C8H6FN3O2. The van der Waals surface area contributed by atoms with Gasteiger partial charge in [0.15, 0.2) is 5.82 Å². The fourth-order valence-electron chi connectivity index (χ4n) is 1.26. The maximum Gasteiger partial charge on any atom is 0.432 e. The van der Waals surface area contributed by atoms with Crippen molar-refractivity contribution < 1.29 is 14.3 Å². The maximum absolute atomic E-state index is 12.8. The molecule has 0 aliphatic heterocycles. The first-order valence-corrected chi connectivity index (χ1v) is 3.76.